The SMILES string of the molecule is CC(=O)OC[C@H]1O[C@@H](Oc2cc(/C=C/c3ccc(O)cc3)cc(O[Si](C)(C)C(C)(C)C)c2)[C@H](OC(C)=O)[C@@H](OC(C)=O)[C@@H]1OC(C)=O. The van der Waals surface area contributed by atoms with Crippen molar-refractivity contribution in [3.63, 3.8) is 0 Å². The van der Waals surface area contributed by atoms with Crippen LogP contribution in [0.25, 0.3) is 12.2 Å². The van der Waals surface area contributed by atoms with Crippen LogP contribution in [0.15, 0.2) is 42.5 Å². The molecule has 0 aromatic heterocycles. The van der Waals surface area contributed by atoms with Crippen molar-refractivity contribution >= 4 is 44.3 Å². The number of esters is 4. The van der Waals surface area contributed by atoms with E-state index in [1.165, 1.54) is 6.92 Å². The van der Waals surface area contributed by atoms with Gasteiger partial charge in [0.2, 0.25) is 20.7 Å². The van der Waals surface area contributed by atoms with Crippen LogP contribution in [0.4, 0.5) is 0 Å². The molecule has 0 saturated carbocycles. The molecule has 0 aliphatic carbocycles. The van der Waals surface area contributed by atoms with Gasteiger partial charge in [-0.3, -0.25) is 19.2 Å². The number of ether oxygens (including phenoxy) is 6. The zero-order valence-electron chi connectivity index (χ0n) is 28.2. The first-order valence-electron chi connectivity index (χ1n) is 15.1. The Balaban J connectivity index is 2.10. The van der Waals surface area contributed by atoms with Crippen molar-refractivity contribution in [2.45, 2.75) is 97.3 Å². The van der Waals surface area contributed by atoms with Gasteiger partial charge in [-0.15, -0.1) is 0 Å². The van der Waals surface area contributed by atoms with Crippen molar-refractivity contribution in [1.82, 2.24) is 0 Å². The minimum atomic E-state index is -2.32. The van der Waals surface area contributed by atoms with E-state index in [4.69, 9.17) is 32.8 Å². The Morgan fingerprint density at radius 2 is 1.30 bits per heavy atom. The van der Waals surface area contributed by atoms with Gasteiger partial charge < -0.3 is 38.0 Å². The Labute approximate surface area is 276 Å². The van der Waals surface area contributed by atoms with Crippen molar-refractivity contribution in [1.29, 1.82) is 0 Å². The monoisotopic (exact) mass is 672 g/mol. The van der Waals surface area contributed by atoms with E-state index in [0.717, 1.165) is 26.3 Å². The van der Waals surface area contributed by atoms with Gasteiger partial charge in [-0.05, 0) is 53.5 Å². The summed E-state index contributed by atoms with van der Waals surface area (Å²) in [5, 5.41) is 9.53. The number of phenolic OH excluding ortho intramolecular Hbond substituents is 1. The van der Waals surface area contributed by atoms with Gasteiger partial charge in [0.1, 0.15) is 30.0 Å². The summed E-state index contributed by atoms with van der Waals surface area (Å²) in [4.78, 5) is 48.3. The molecule has 1 aliphatic heterocycles. The summed E-state index contributed by atoms with van der Waals surface area (Å²) < 4.78 is 40.7. The predicted molar refractivity (Wildman–Crippen MR) is 174 cm³/mol. The maximum Gasteiger partial charge on any atom is 0.303 e. The molecule has 0 radical (unpaired) electrons. The summed E-state index contributed by atoms with van der Waals surface area (Å²) in [5.41, 5.74) is 1.52. The molecule has 0 bridgehead atoms. The zero-order valence-corrected chi connectivity index (χ0v) is 29.2. The smallest absolute Gasteiger partial charge is 0.303 e. The Morgan fingerprint density at radius 3 is 1.85 bits per heavy atom. The highest BCUT2D eigenvalue weighted by molar-refractivity contribution is 6.74. The summed E-state index contributed by atoms with van der Waals surface area (Å²) >= 11 is 0. The van der Waals surface area contributed by atoms with E-state index in [1.54, 1.807) is 36.4 Å². The minimum Gasteiger partial charge on any atom is -0.543 e. The van der Waals surface area contributed by atoms with Crippen LogP contribution in [0.2, 0.25) is 18.1 Å². The molecule has 0 spiro atoms. The van der Waals surface area contributed by atoms with E-state index in [0.29, 0.717) is 11.3 Å². The highest BCUT2D eigenvalue weighted by atomic mass is 28.4. The third-order valence-corrected chi connectivity index (χ3v) is 12.0. The third-order valence-electron chi connectivity index (χ3n) is 7.64. The highest BCUT2D eigenvalue weighted by Crippen LogP contribution is 2.39. The molecule has 256 valence electrons. The van der Waals surface area contributed by atoms with Gasteiger partial charge in [0.25, 0.3) is 0 Å². The molecular formula is C34H44O12Si. The lowest BCUT2D eigenvalue weighted by Crippen LogP contribution is -2.63. The quantitative estimate of drug-likeness (QED) is 0.141. The summed E-state index contributed by atoms with van der Waals surface area (Å²) in [6.07, 6.45) is -2.96. The molecule has 1 fully saturated rings. The Bertz CT molecular complexity index is 1460. The van der Waals surface area contributed by atoms with Crippen LogP contribution in [-0.4, -0.2) is 74.6 Å². The molecule has 1 heterocycles. The predicted octanol–water partition coefficient (Wildman–Crippen LogP) is 5.41. The molecule has 1 saturated heterocycles. The molecule has 5 atom stereocenters. The van der Waals surface area contributed by atoms with E-state index < -0.39 is 62.9 Å². The fourth-order valence-corrected chi connectivity index (χ4v) is 5.47. The number of phenols is 1. The fourth-order valence-electron chi connectivity index (χ4n) is 4.46. The van der Waals surface area contributed by atoms with Crippen LogP contribution >= 0.6 is 0 Å². The molecule has 3 rings (SSSR count). The summed E-state index contributed by atoms with van der Waals surface area (Å²) in [6.45, 7) is 14.8. The molecule has 1 aliphatic rings. The molecule has 0 amide bonds. The number of aromatic hydroxyl groups is 1. The largest absolute Gasteiger partial charge is 0.543 e. The molecule has 12 nitrogen and oxygen atoms in total. The molecule has 1 N–H and O–H groups in total. The highest BCUT2D eigenvalue weighted by Gasteiger charge is 2.53. The van der Waals surface area contributed by atoms with Crippen LogP contribution in [0.1, 0.15) is 59.6 Å². The number of carbonyl (C=O) groups excluding carboxylic acids is 4. The third kappa shape index (κ3) is 10.9. The van der Waals surface area contributed by atoms with Gasteiger partial charge >= 0.3 is 23.9 Å². The van der Waals surface area contributed by atoms with E-state index >= 15 is 0 Å². The van der Waals surface area contributed by atoms with Crippen molar-refractivity contribution < 1.29 is 57.1 Å². The van der Waals surface area contributed by atoms with Crippen LogP contribution < -0.4 is 9.16 Å². The second-order valence-corrected chi connectivity index (χ2v) is 17.4. The van der Waals surface area contributed by atoms with E-state index in [2.05, 4.69) is 33.9 Å². The molecule has 2 aromatic rings. The van der Waals surface area contributed by atoms with Crippen LogP contribution in [0.3, 0.4) is 0 Å². The lowest BCUT2D eigenvalue weighted by Gasteiger charge is -2.44. The number of hydrogen-bond donors (Lipinski definition) is 1. The first kappa shape index (κ1) is 37.1. The van der Waals surface area contributed by atoms with Crippen molar-refractivity contribution in [2.75, 3.05) is 6.61 Å². The lowest BCUT2D eigenvalue weighted by molar-refractivity contribution is -0.288. The molecule has 47 heavy (non-hydrogen) atoms. The molecular weight excluding hydrogens is 628 g/mol. The molecule has 13 heteroatoms. The van der Waals surface area contributed by atoms with E-state index in [-0.39, 0.29) is 23.1 Å². The summed E-state index contributed by atoms with van der Waals surface area (Å²) in [5.74, 6) is -1.92. The first-order chi connectivity index (χ1) is 21.8. The fraction of sp³-hybridized carbons (Fsp3) is 0.471. The van der Waals surface area contributed by atoms with Gasteiger partial charge in [-0.25, -0.2) is 0 Å². The average molecular weight is 673 g/mol. The zero-order chi connectivity index (χ0) is 35.1. The normalized spacial score (nSPS) is 21.4. The van der Waals surface area contributed by atoms with Gasteiger partial charge in [0, 0.05) is 33.8 Å². The number of carbonyl (C=O) groups is 4. The lowest BCUT2D eigenvalue weighted by atomic mass is 9.98. The van der Waals surface area contributed by atoms with Gasteiger partial charge in [-0.2, -0.15) is 0 Å². The number of benzene rings is 2. The summed E-state index contributed by atoms with van der Waals surface area (Å²) in [6, 6.07) is 11.9. The van der Waals surface area contributed by atoms with Crippen molar-refractivity contribution in [3.8, 4) is 17.2 Å². The van der Waals surface area contributed by atoms with Gasteiger partial charge in [0.05, 0.1) is 0 Å². The Kier molecular flexibility index (Phi) is 12.2. The van der Waals surface area contributed by atoms with E-state index in [9.17, 15) is 24.3 Å². The van der Waals surface area contributed by atoms with Crippen molar-refractivity contribution in [3.05, 3.63) is 53.6 Å². The van der Waals surface area contributed by atoms with Crippen LogP contribution in [0.5, 0.6) is 17.2 Å². The molecule has 2 aromatic carbocycles. The van der Waals surface area contributed by atoms with Gasteiger partial charge in [0.15, 0.2) is 12.2 Å². The topological polar surface area (TPSA) is 153 Å². The van der Waals surface area contributed by atoms with Gasteiger partial charge in [-0.1, -0.05) is 45.1 Å². The number of rotatable bonds is 11. The first-order valence-corrected chi connectivity index (χ1v) is 18.0. The van der Waals surface area contributed by atoms with Crippen LogP contribution in [-0.2, 0) is 42.9 Å². The average Bonchev–Trinajstić information content (AvgIpc) is 2.93. The Morgan fingerprint density at radius 1 is 0.766 bits per heavy atom. The maximum absolute atomic E-state index is 12.3. The minimum absolute atomic E-state index is 0.119. The number of hydrogen-bond acceptors (Lipinski definition) is 12. The second kappa shape index (κ2) is 15.5. The standard InChI is InChI=1S/C34H44O12Si/c1-20(35)40-19-29-30(41-21(2)36)31(42-22(3)37)32(43-23(4)38)33(45-29)44-27-16-25(11-10-24-12-14-26(39)15-13-24)17-28(18-27)46-47(8,9)34(5,6)7/h10-18,29-33,39H,19H2,1-9H3/b11-10+/t29-,30-,31+,32-,33-/m1/s1. The molecule has 0 unspecified atom stereocenters. The summed E-state index contributed by atoms with van der Waals surface area (Å²) in [7, 11) is -2.32. The Hall–Kier alpha value is -4.36. The van der Waals surface area contributed by atoms with Crippen molar-refractivity contribution in [2.24, 2.45) is 0 Å². The maximum atomic E-state index is 12.3. The van der Waals surface area contributed by atoms with E-state index in [1.807, 2.05) is 18.2 Å². The van der Waals surface area contributed by atoms with Crippen LogP contribution in [0, 0.1) is 0 Å². The second-order valence-electron chi connectivity index (χ2n) is 12.7.